The molecule has 1 aliphatic heterocycles. The van der Waals surface area contributed by atoms with Crippen LogP contribution in [0.25, 0.3) is 11.2 Å². The summed E-state index contributed by atoms with van der Waals surface area (Å²) < 4.78 is 36.4. The summed E-state index contributed by atoms with van der Waals surface area (Å²) in [5.74, 6) is -0.563. The number of carbonyl (C=O) groups is 1. The minimum absolute atomic E-state index is 0.0185. The maximum absolute atomic E-state index is 13.8. The summed E-state index contributed by atoms with van der Waals surface area (Å²) in [5, 5.41) is 13.6. The van der Waals surface area contributed by atoms with Crippen molar-refractivity contribution < 1.29 is 33.0 Å². The van der Waals surface area contributed by atoms with Crippen LogP contribution in [0.3, 0.4) is 0 Å². The Balaban J connectivity index is 1.56. The number of hydrogen-bond acceptors (Lipinski definition) is 11. The second-order valence-electron chi connectivity index (χ2n) is 8.96. The van der Waals surface area contributed by atoms with Gasteiger partial charge < -0.3 is 24.8 Å². The number of imidazole rings is 1. The first kappa shape index (κ1) is 29.6. The molecule has 1 fully saturated rings. The van der Waals surface area contributed by atoms with Crippen molar-refractivity contribution in [2.24, 2.45) is 0 Å². The molecule has 2 aromatic heterocycles. The monoisotopic (exact) mass is 692 g/mol. The summed E-state index contributed by atoms with van der Waals surface area (Å²) in [6, 6.07) is 7.18. The lowest BCUT2D eigenvalue weighted by Crippen LogP contribution is -2.39. The fourth-order valence-electron chi connectivity index (χ4n) is 3.73. The Kier molecular flexibility index (Phi) is 8.86. The Morgan fingerprint density at radius 2 is 2.03 bits per heavy atom. The fourth-order valence-corrected chi connectivity index (χ4v) is 6.48. The summed E-state index contributed by atoms with van der Waals surface area (Å²) in [6.07, 6.45) is -2.41. The maximum Gasteiger partial charge on any atom is 0.459 e. The molecule has 39 heavy (non-hydrogen) atoms. The van der Waals surface area contributed by atoms with E-state index >= 15 is 0 Å². The van der Waals surface area contributed by atoms with Crippen molar-refractivity contribution >= 4 is 62.7 Å². The third kappa shape index (κ3) is 6.53. The predicted molar refractivity (Wildman–Crippen MR) is 148 cm³/mol. The van der Waals surface area contributed by atoms with Crippen LogP contribution >= 0.6 is 39.6 Å². The molecule has 0 bridgehead atoms. The first-order chi connectivity index (χ1) is 18.3. The first-order valence-corrected chi connectivity index (χ1v) is 14.8. The molecule has 0 unspecified atom stereocenters. The minimum Gasteiger partial charge on any atom is -0.462 e. The average Bonchev–Trinajstić information content (AvgIpc) is 3.36. The van der Waals surface area contributed by atoms with Gasteiger partial charge in [0, 0.05) is 0 Å². The van der Waals surface area contributed by atoms with Crippen LogP contribution in [-0.4, -0.2) is 64.8 Å². The van der Waals surface area contributed by atoms with Crippen LogP contribution in [0.2, 0.25) is 0 Å². The van der Waals surface area contributed by atoms with Gasteiger partial charge in [0.15, 0.2) is 20.6 Å². The van der Waals surface area contributed by atoms with Crippen molar-refractivity contribution in [1.29, 1.82) is 0 Å². The molecule has 0 saturated carbocycles. The molecule has 1 saturated heterocycles. The Labute approximate surface area is 239 Å². The quantitative estimate of drug-likeness (QED) is 0.138. The van der Waals surface area contributed by atoms with Gasteiger partial charge in [-0.15, -0.1) is 0 Å². The lowest BCUT2D eigenvalue weighted by molar-refractivity contribution is -0.149. The Morgan fingerprint density at radius 1 is 1.33 bits per heavy atom. The van der Waals surface area contributed by atoms with E-state index in [9.17, 15) is 19.3 Å². The molecule has 1 aliphatic rings. The average molecular weight is 694 g/mol. The van der Waals surface area contributed by atoms with Gasteiger partial charge in [-0.1, -0.05) is 50.1 Å². The maximum atomic E-state index is 13.8. The SMILES string of the molecule is CC(C)OC(=O)[C@H](C)N[P@](=O)(OC[C@H]1O[C@@H](n2cnc3c(=O)[nH]c(N)nc32)C(Br)(Br)[C@@H]1O)Oc1ccccc1. The van der Waals surface area contributed by atoms with Gasteiger partial charge >= 0.3 is 13.7 Å². The lowest BCUT2D eigenvalue weighted by Gasteiger charge is -2.25. The van der Waals surface area contributed by atoms with Gasteiger partial charge in [0.25, 0.3) is 5.56 Å². The standard InChI is InChI=1S/C22H27Br2N6O8P/c1-11(2)36-19(33)12(3)29-39(34,38-13-7-5-4-6-8-13)35-9-14-16(31)22(23,24)20(37-14)30-10-26-15-17(30)27-21(25)28-18(15)32/h4-8,10-12,14,16,20,31H,9H2,1-3H3,(H,29,34)(H3,25,27,28,32)/t12-,14+,16+,20+,39-/m0/s1. The molecule has 3 heterocycles. The van der Waals surface area contributed by atoms with Gasteiger partial charge in [0.2, 0.25) is 5.95 Å². The summed E-state index contributed by atoms with van der Waals surface area (Å²) >= 11 is 6.86. The number of rotatable bonds is 10. The molecular formula is C22H27Br2N6O8P. The summed E-state index contributed by atoms with van der Waals surface area (Å²) in [6.45, 7) is 4.40. The topological polar surface area (TPSA) is 193 Å². The molecule has 0 radical (unpaired) electrons. The molecule has 14 nitrogen and oxygen atoms in total. The third-order valence-electron chi connectivity index (χ3n) is 5.52. The number of anilines is 1. The number of H-pyrrole nitrogens is 1. The number of alkyl halides is 2. The molecule has 0 amide bonds. The number of nitrogen functional groups attached to an aromatic ring is 1. The normalized spacial score (nSPS) is 23.0. The Morgan fingerprint density at radius 3 is 2.69 bits per heavy atom. The van der Waals surface area contributed by atoms with Crippen LogP contribution in [0.1, 0.15) is 27.0 Å². The largest absolute Gasteiger partial charge is 0.462 e. The molecule has 1 aromatic carbocycles. The molecular weight excluding hydrogens is 667 g/mol. The smallest absolute Gasteiger partial charge is 0.459 e. The fraction of sp³-hybridized carbons (Fsp3) is 0.455. The highest BCUT2D eigenvalue weighted by molar-refractivity contribution is 9.25. The van der Waals surface area contributed by atoms with Crippen LogP contribution in [0.15, 0.2) is 41.5 Å². The van der Waals surface area contributed by atoms with Crippen LogP contribution in [0.4, 0.5) is 5.95 Å². The Bertz CT molecular complexity index is 1430. The zero-order valence-electron chi connectivity index (χ0n) is 21.0. The molecule has 4 rings (SSSR count). The van der Waals surface area contributed by atoms with E-state index in [1.54, 1.807) is 44.2 Å². The van der Waals surface area contributed by atoms with Gasteiger partial charge in [-0.2, -0.15) is 10.1 Å². The Hall–Kier alpha value is -2.33. The number of esters is 1. The lowest BCUT2D eigenvalue weighted by atomic mass is 10.2. The van der Waals surface area contributed by atoms with E-state index in [1.807, 2.05) is 0 Å². The molecule has 5 N–H and O–H groups in total. The number of halogens is 2. The molecule has 5 atom stereocenters. The number of nitrogens with two attached hydrogens (primary N) is 1. The van der Waals surface area contributed by atoms with E-state index < -0.39 is 53.6 Å². The van der Waals surface area contributed by atoms with Crippen molar-refractivity contribution in [3.63, 3.8) is 0 Å². The van der Waals surface area contributed by atoms with E-state index in [2.05, 4.69) is 51.9 Å². The number of fused-ring (bicyclic) bond motifs is 1. The zero-order chi connectivity index (χ0) is 28.5. The summed E-state index contributed by atoms with van der Waals surface area (Å²) in [5.41, 5.74) is 5.29. The summed E-state index contributed by atoms with van der Waals surface area (Å²) in [7, 11) is -4.21. The number of aliphatic hydroxyl groups excluding tert-OH is 1. The van der Waals surface area contributed by atoms with Gasteiger partial charge in [0.05, 0.1) is 19.0 Å². The van der Waals surface area contributed by atoms with Gasteiger partial charge in [-0.3, -0.25) is 23.7 Å². The molecule has 3 aromatic rings. The number of nitrogens with one attached hydrogen (secondary N) is 2. The van der Waals surface area contributed by atoms with E-state index in [-0.39, 0.29) is 29.0 Å². The minimum atomic E-state index is -4.21. The van der Waals surface area contributed by atoms with Crippen LogP contribution in [0.5, 0.6) is 5.75 Å². The number of aromatic nitrogens is 4. The van der Waals surface area contributed by atoms with Crippen molar-refractivity contribution in [1.82, 2.24) is 24.6 Å². The number of aromatic amines is 1. The van der Waals surface area contributed by atoms with E-state index in [0.717, 1.165) is 0 Å². The number of carbonyl (C=O) groups excluding carboxylic acids is 1. The predicted octanol–water partition coefficient (Wildman–Crippen LogP) is 2.58. The van der Waals surface area contributed by atoms with E-state index in [0.29, 0.717) is 0 Å². The number of ether oxygens (including phenoxy) is 2. The second kappa shape index (κ2) is 11.6. The molecule has 17 heteroatoms. The number of para-hydroxylation sites is 1. The van der Waals surface area contributed by atoms with Crippen molar-refractivity contribution in [2.45, 2.75) is 54.6 Å². The van der Waals surface area contributed by atoms with Gasteiger partial charge in [0.1, 0.15) is 24.0 Å². The van der Waals surface area contributed by atoms with Crippen LogP contribution < -0.4 is 20.9 Å². The second-order valence-corrected chi connectivity index (χ2v) is 14.3. The molecule has 212 valence electrons. The van der Waals surface area contributed by atoms with Gasteiger partial charge in [-0.05, 0) is 32.9 Å². The number of aliphatic hydroxyl groups is 1. The van der Waals surface area contributed by atoms with Crippen molar-refractivity contribution in [3.8, 4) is 5.75 Å². The highest BCUT2D eigenvalue weighted by Gasteiger charge is 2.55. The van der Waals surface area contributed by atoms with Gasteiger partial charge in [-0.25, -0.2) is 9.55 Å². The number of hydrogen-bond donors (Lipinski definition) is 4. The number of benzene rings is 1. The van der Waals surface area contributed by atoms with E-state index in [4.69, 9.17) is 24.3 Å². The van der Waals surface area contributed by atoms with E-state index in [1.165, 1.54) is 17.8 Å². The zero-order valence-corrected chi connectivity index (χ0v) is 25.1. The van der Waals surface area contributed by atoms with Crippen LogP contribution in [0, 0.1) is 0 Å². The first-order valence-electron chi connectivity index (χ1n) is 11.7. The highest BCUT2D eigenvalue weighted by atomic mass is 79.9. The molecule has 0 aliphatic carbocycles. The van der Waals surface area contributed by atoms with Crippen LogP contribution in [-0.2, 0) is 23.4 Å². The number of nitrogens with zero attached hydrogens (tertiary/aromatic N) is 3. The molecule has 0 spiro atoms. The van der Waals surface area contributed by atoms with Crippen molar-refractivity contribution in [3.05, 3.63) is 47.0 Å². The summed E-state index contributed by atoms with van der Waals surface area (Å²) in [4.78, 5) is 35.1. The highest BCUT2D eigenvalue weighted by Crippen LogP contribution is 2.52. The van der Waals surface area contributed by atoms with Crippen molar-refractivity contribution in [2.75, 3.05) is 12.3 Å². The third-order valence-corrected chi connectivity index (χ3v) is 8.88.